The number of aromatic nitrogens is 1. The molecule has 0 spiro atoms. The number of aryl methyl sites for hydroxylation is 2. The lowest BCUT2D eigenvalue weighted by Gasteiger charge is -2.05. The number of benzene rings is 2. The first-order valence-corrected chi connectivity index (χ1v) is 9.66. The minimum atomic E-state index is -3.82. The Hall–Kier alpha value is -1.83. The van der Waals surface area contributed by atoms with Crippen LogP contribution >= 0.6 is 22.9 Å². The molecule has 1 aromatic heterocycles. The molecule has 0 aliphatic rings. The van der Waals surface area contributed by atoms with Gasteiger partial charge in [0.25, 0.3) is 10.0 Å². The monoisotopic (exact) mass is 382 g/mol. The Kier molecular flexibility index (Phi) is 4.42. The lowest BCUT2D eigenvalue weighted by molar-refractivity contribution is 0.417. The van der Waals surface area contributed by atoms with Crippen LogP contribution in [0.25, 0.3) is 10.2 Å². The minimum Gasteiger partial charge on any atom is -0.495 e. The number of methoxy groups -OCH3 is 1. The summed E-state index contributed by atoms with van der Waals surface area (Å²) < 4.78 is 37.1. The molecule has 3 aromatic rings. The van der Waals surface area contributed by atoms with E-state index in [0.717, 1.165) is 15.8 Å². The van der Waals surface area contributed by atoms with E-state index < -0.39 is 10.0 Å². The number of halogens is 1. The van der Waals surface area contributed by atoms with Gasteiger partial charge in [-0.3, -0.25) is 0 Å². The van der Waals surface area contributed by atoms with Crippen LogP contribution in [0.5, 0.6) is 5.75 Å². The zero-order valence-electron chi connectivity index (χ0n) is 13.3. The predicted molar refractivity (Wildman–Crippen MR) is 96.3 cm³/mol. The Bertz CT molecular complexity index is 1080. The van der Waals surface area contributed by atoms with Crippen molar-refractivity contribution >= 4 is 43.2 Å². The van der Waals surface area contributed by atoms with E-state index in [4.69, 9.17) is 16.3 Å². The molecule has 0 atom stereocenters. The fourth-order valence-corrected chi connectivity index (χ4v) is 4.82. The number of nitrogens with zero attached hydrogens (tertiary/aromatic N) is 2. The van der Waals surface area contributed by atoms with E-state index in [9.17, 15) is 8.42 Å². The van der Waals surface area contributed by atoms with Gasteiger partial charge in [0.1, 0.15) is 11.3 Å². The Morgan fingerprint density at radius 3 is 2.46 bits per heavy atom. The predicted octanol–water partition coefficient (Wildman–Crippen LogP) is 3.50. The molecule has 5 nitrogen and oxygen atoms in total. The summed E-state index contributed by atoms with van der Waals surface area (Å²) in [7, 11) is -0.456. The second kappa shape index (κ2) is 6.23. The molecule has 0 aliphatic carbocycles. The molecule has 0 saturated carbocycles. The van der Waals surface area contributed by atoms with E-state index in [-0.39, 0.29) is 4.90 Å². The molecular weight excluding hydrogens is 368 g/mol. The molecule has 0 N–H and O–H groups in total. The molecule has 0 bridgehead atoms. The normalized spacial score (nSPS) is 12.8. The average Bonchev–Trinajstić information content (AvgIpc) is 2.86. The van der Waals surface area contributed by atoms with Crippen molar-refractivity contribution in [1.82, 2.24) is 4.57 Å². The third-order valence-electron chi connectivity index (χ3n) is 3.64. The number of rotatable bonds is 3. The van der Waals surface area contributed by atoms with Crippen molar-refractivity contribution in [2.75, 3.05) is 7.11 Å². The molecule has 24 heavy (non-hydrogen) atoms. The third kappa shape index (κ3) is 2.94. The van der Waals surface area contributed by atoms with Crippen LogP contribution in [0.2, 0.25) is 5.02 Å². The van der Waals surface area contributed by atoms with E-state index in [1.807, 2.05) is 19.1 Å². The highest BCUT2D eigenvalue weighted by Gasteiger charge is 2.16. The third-order valence-corrected chi connectivity index (χ3v) is 6.55. The Morgan fingerprint density at radius 2 is 1.83 bits per heavy atom. The number of fused-ring (bicyclic) bond motifs is 1. The van der Waals surface area contributed by atoms with Crippen molar-refractivity contribution in [1.29, 1.82) is 0 Å². The molecule has 3 rings (SSSR count). The molecule has 0 saturated heterocycles. The van der Waals surface area contributed by atoms with Gasteiger partial charge in [-0.05, 0) is 42.8 Å². The van der Waals surface area contributed by atoms with Gasteiger partial charge in [0.15, 0.2) is 0 Å². The molecule has 126 valence electrons. The number of hydrogen-bond donors (Lipinski definition) is 0. The summed E-state index contributed by atoms with van der Waals surface area (Å²) in [4.78, 5) is 0.487. The largest absolute Gasteiger partial charge is 0.495 e. The first-order valence-electron chi connectivity index (χ1n) is 7.03. The summed E-state index contributed by atoms with van der Waals surface area (Å²) in [6, 6.07) is 9.75. The van der Waals surface area contributed by atoms with Gasteiger partial charge in [0, 0.05) is 12.1 Å². The van der Waals surface area contributed by atoms with Crippen LogP contribution in [0.15, 0.2) is 45.7 Å². The Morgan fingerprint density at radius 1 is 1.17 bits per heavy atom. The minimum absolute atomic E-state index is 0.105. The van der Waals surface area contributed by atoms with Gasteiger partial charge in [0.2, 0.25) is 4.80 Å². The van der Waals surface area contributed by atoms with Crippen LogP contribution in [0, 0.1) is 6.92 Å². The van der Waals surface area contributed by atoms with Gasteiger partial charge in [-0.1, -0.05) is 29.0 Å². The van der Waals surface area contributed by atoms with Crippen LogP contribution < -0.4 is 9.54 Å². The second-order valence-corrected chi connectivity index (χ2v) is 8.24. The Labute approximate surface area is 148 Å². The van der Waals surface area contributed by atoms with Crippen LogP contribution in [0.1, 0.15) is 5.56 Å². The zero-order chi connectivity index (χ0) is 17.5. The summed E-state index contributed by atoms with van der Waals surface area (Å²) in [5.41, 5.74) is 1.87. The molecule has 1 heterocycles. The lowest BCUT2D eigenvalue weighted by Crippen LogP contribution is -2.14. The van der Waals surface area contributed by atoms with Crippen LogP contribution in [0.4, 0.5) is 0 Å². The second-order valence-electron chi connectivity index (χ2n) is 5.23. The van der Waals surface area contributed by atoms with Crippen molar-refractivity contribution in [2.45, 2.75) is 11.8 Å². The van der Waals surface area contributed by atoms with Crippen molar-refractivity contribution in [2.24, 2.45) is 11.4 Å². The summed E-state index contributed by atoms with van der Waals surface area (Å²) in [5.74, 6) is 0.680. The standard InChI is InChI=1S/C16H15ClN2O3S2/c1-10-4-9-13(22-3)14-15(10)23-16(19(14)2)18-24(20,21)12-7-5-11(17)6-8-12/h4-9H,1-3H3/b18-16-. The van der Waals surface area contributed by atoms with Crippen molar-refractivity contribution in [3.05, 3.63) is 51.8 Å². The number of sulfonamides is 1. The van der Waals surface area contributed by atoms with E-state index in [2.05, 4.69) is 4.40 Å². The van der Waals surface area contributed by atoms with Crippen molar-refractivity contribution in [3.8, 4) is 5.75 Å². The first kappa shape index (κ1) is 17.0. The van der Waals surface area contributed by atoms with Gasteiger partial charge < -0.3 is 9.30 Å². The number of hydrogen-bond acceptors (Lipinski definition) is 4. The van der Waals surface area contributed by atoms with E-state index >= 15 is 0 Å². The molecule has 0 fully saturated rings. The highest BCUT2D eigenvalue weighted by molar-refractivity contribution is 7.90. The quantitative estimate of drug-likeness (QED) is 0.696. The summed E-state index contributed by atoms with van der Waals surface area (Å²) >= 11 is 7.13. The fourth-order valence-electron chi connectivity index (χ4n) is 2.36. The summed E-state index contributed by atoms with van der Waals surface area (Å²) in [6.07, 6.45) is 0. The van der Waals surface area contributed by atoms with Crippen molar-refractivity contribution in [3.63, 3.8) is 0 Å². The van der Waals surface area contributed by atoms with E-state index in [1.165, 1.54) is 35.6 Å². The van der Waals surface area contributed by atoms with Gasteiger partial charge in [-0.25, -0.2) is 0 Å². The van der Waals surface area contributed by atoms with Gasteiger partial charge in [0.05, 0.1) is 16.7 Å². The topological polar surface area (TPSA) is 60.7 Å². The average molecular weight is 383 g/mol. The lowest BCUT2D eigenvalue weighted by atomic mass is 10.2. The van der Waals surface area contributed by atoms with Gasteiger partial charge >= 0.3 is 0 Å². The maximum atomic E-state index is 12.5. The molecular formula is C16H15ClN2O3S2. The Balaban J connectivity index is 2.26. The summed E-state index contributed by atoms with van der Waals surface area (Å²) in [5, 5.41) is 0.474. The van der Waals surface area contributed by atoms with Gasteiger partial charge in [-0.15, -0.1) is 4.40 Å². The maximum Gasteiger partial charge on any atom is 0.285 e. The summed E-state index contributed by atoms with van der Waals surface area (Å²) in [6.45, 7) is 1.97. The maximum absolute atomic E-state index is 12.5. The fraction of sp³-hybridized carbons (Fsp3) is 0.188. The first-order chi connectivity index (χ1) is 11.3. The van der Waals surface area contributed by atoms with E-state index in [1.54, 1.807) is 18.7 Å². The van der Waals surface area contributed by atoms with Crippen LogP contribution in [-0.2, 0) is 17.1 Å². The highest BCUT2D eigenvalue weighted by Crippen LogP contribution is 2.29. The van der Waals surface area contributed by atoms with E-state index in [0.29, 0.717) is 15.6 Å². The molecule has 0 unspecified atom stereocenters. The molecule has 0 aliphatic heterocycles. The highest BCUT2D eigenvalue weighted by atomic mass is 35.5. The SMILES string of the molecule is COc1ccc(C)c2s/c(=N\S(=O)(=O)c3ccc(Cl)cc3)n(C)c12. The zero-order valence-corrected chi connectivity index (χ0v) is 15.7. The van der Waals surface area contributed by atoms with Crippen molar-refractivity contribution < 1.29 is 13.2 Å². The number of ether oxygens (including phenoxy) is 1. The molecule has 8 heteroatoms. The van der Waals surface area contributed by atoms with Crippen LogP contribution in [0.3, 0.4) is 0 Å². The molecule has 0 amide bonds. The molecule has 0 radical (unpaired) electrons. The smallest absolute Gasteiger partial charge is 0.285 e. The molecule has 2 aromatic carbocycles. The number of thiazole rings is 1. The van der Waals surface area contributed by atoms with Crippen LogP contribution in [-0.4, -0.2) is 20.1 Å². The van der Waals surface area contributed by atoms with Gasteiger partial charge in [-0.2, -0.15) is 8.42 Å².